The molecule has 2 aromatic rings. The maximum atomic E-state index is 13.0. The molecule has 0 saturated heterocycles. The molecule has 0 spiro atoms. The summed E-state index contributed by atoms with van der Waals surface area (Å²) in [7, 11) is 1.62. The van der Waals surface area contributed by atoms with E-state index in [0.29, 0.717) is 62.9 Å². The van der Waals surface area contributed by atoms with Crippen LogP contribution in [0.2, 0.25) is 0 Å². The van der Waals surface area contributed by atoms with Gasteiger partial charge in [-0.05, 0) is 75.9 Å². The van der Waals surface area contributed by atoms with Crippen LogP contribution in [0.15, 0.2) is 30.3 Å². The molecule has 9 nitrogen and oxygen atoms in total. The van der Waals surface area contributed by atoms with E-state index in [2.05, 4.69) is 16.7 Å². The fourth-order valence-electron chi connectivity index (χ4n) is 4.52. The van der Waals surface area contributed by atoms with Crippen LogP contribution < -0.4 is 24.8 Å². The Kier molecular flexibility index (Phi) is 8.99. The molecule has 0 aliphatic carbocycles. The quantitative estimate of drug-likeness (QED) is 0.570. The van der Waals surface area contributed by atoms with Gasteiger partial charge in [-0.15, -0.1) is 0 Å². The molecule has 0 saturated carbocycles. The van der Waals surface area contributed by atoms with Gasteiger partial charge < -0.3 is 34.5 Å². The number of methoxy groups -OCH3 is 1. The van der Waals surface area contributed by atoms with Crippen LogP contribution in [0.3, 0.4) is 0 Å². The summed E-state index contributed by atoms with van der Waals surface area (Å²) >= 11 is 0. The minimum atomic E-state index is -0.578. The topological polar surface area (TPSA) is 98.4 Å². The highest BCUT2D eigenvalue weighted by Gasteiger charge is 2.23. The predicted molar refractivity (Wildman–Crippen MR) is 145 cm³/mol. The summed E-state index contributed by atoms with van der Waals surface area (Å²) < 4.78 is 23.6. The molecule has 2 amide bonds. The van der Waals surface area contributed by atoms with Gasteiger partial charge in [-0.25, -0.2) is 4.79 Å². The van der Waals surface area contributed by atoms with Crippen molar-refractivity contribution < 1.29 is 28.5 Å². The van der Waals surface area contributed by atoms with Gasteiger partial charge in [0.2, 0.25) is 0 Å². The van der Waals surface area contributed by atoms with Crippen LogP contribution in [-0.2, 0) is 11.3 Å². The second-order valence-electron chi connectivity index (χ2n) is 10.5. The molecule has 2 N–H and O–H groups in total. The van der Waals surface area contributed by atoms with Crippen LogP contribution in [0.25, 0.3) is 11.1 Å². The average Bonchev–Trinajstić information content (AvgIpc) is 3.13. The van der Waals surface area contributed by atoms with E-state index in [1.54, 1.807) is 18.1 Å². The number of rotatable bonds is 1. The summed E-state index contributed by atoms with van der Waals surface area (Å²) in [5.74, 6) is 1.88. The molecule has 2 aromatic carbocycles. The van der Waals surface area contributed by atoms with E-state index in [0.717, 1.165) is 41.8 Å². The summed E-state index contributed by atoms with van der Waals surface area (Å²) in [6.45, 7) is 9.45. The molecule has 2 aliphatic heterocycles. The van der Waals surface area contributed by atoms with Crippen molar-refractivity contribution in [3.8, 4) is 28.4 Å². The lowest BCUT2D eigenvalue weighted by atomic mass is 9.98. The number of nitrogens with one attached hydrogen (secondary N) is 2. The van der Waals surface area contributed by atoms with Gasteiger partial charge in [0.25, 0.3) is 5.91 Å². The minimum Gasteiger partial charge on any atom is -0.496 e. The van der Waals surface area contributed by atoms with Crippen molar-refractivity contribution in [1.82, 2.24) is 15.5 Å². The molecular weight excluding hydrogens is 486 g/mol. The van der Waals surface area contributed by atoms with E-state index >= 15 is 0 Å². The first-order chi connectivity index (χ1) is 18.2. The Balaban J connectivity index is 1.66. The van der Waals surface area contributed by atoms with Crippen molar-refractivity contribution in [2.24, 2.45) is 0 Å². The van der Waals surface area contributed by atoms with Gasteiger partial charge >= 0.3 is 6.09 Å². The molecule has 0 atom stereocenters. The Hall–Kier alpha value is -3.46. The van der Waals surface area contributed by atoms with E-state index in [1.807, 2.05) is 39.0 Å². The van der Waals surface area contributed by atoms with E-state index in [-0.39, 0.29) is 12.0 Å². The molecule has 2 aliphatic rings. The Morgan fingerprint density at radius 1 is 0.974 bits per heavy atom. The number of nitrogens with zero attached hydrogens (tertiary/aromatic N) is 1. The second kappa shape index (κ2) is 12.4. The third-order valence-corrected chi connectivity index (χ3v) is 6.37. The summed E-state index contributed by atoms with van der Waals surface area (Å²) in [5, 5.41) is 6.36. The zero-order valence-corrected chi connectivity index (χ0v) is 22.9. The largest absolute Gasteiger partial charge is 0.496 e. The molecule has 0 aromatic heterocycles. The van der Waals surface area contributed by atoms with Crippen LogP contribution >= 0.6 is 0 Å². The number of fused-ring (bicyclic) bond motifs is 7. The number of carbonyl (C=O) groups excluding carboxylic acids is 2. The smallest absolute Gasteiger partial charge is 0.410 e. The van der Waals surface area contributed by atoms with Gasteiger partial charge in [-0.2, -0.15) is 0 Å². The molecule has 206 valence electrons. The van der Waals surface area contributed by atoms with E-state index in [4.69, 9.17) is 18.9 Å². The van der Waals surface area contributed by atoms with E-state index < -0.39 is 5.60 Å². The number of benzene rings is 2. The van der Waals surface area contributed by atoms with Crippen molar-refractivity contribution in [2.45, 2.75) is 52.2 Å². The van der Waals surface area contributed by atoms with Crippen LogP contribution in [0, 0.1) is 0 Å². The lowest BCUT2D eigenvalue weighted by Gasteiger charge is -2.27. The maximum absolute atomic E-state index is 13.0. The van der Waals surface area contributed by atoms with Crippen molar-refractivity contribution in [3.63, 3.8) is 0 Å². The highest BCUT2D eigenvalue weighted by atomic mass is 16.6. The van der Waals surface area contributed by atoms with E-state index in [9.17, 15) is 9.59 Å². The Bertz CT molecular complexity index is 1140. The molecule has 4 rings (SSSR count). The number of hydrogen-bond acceptors (Lipinski definition) is 7. The van der Waals surface area contributed by atoms with E-state index in [1.165, 1.54) is 0 Å². The van der Waals surface area contributed by atoms with Gasteiger partial charge in [0, 0.05) is 49.4 Å². The normalized spacial score (nSPS) is 17.1. The standard InChI is InChI=1S/C29H39N3O6/c1-29(2,3)38-28(34)32-12-5-6-14-36-25-18-21(16-22-19-30-11-15-37-26(22)25)23-17-20(8-9-24(23)35-4)27(33)31-10-7-13-32/h8-9,16-18,30H,5-7,10-15,19H2,1-4H3,(H,31,33). The van der Waals surface area contributed by atoms with Gasteiger partial charge in [0.15, 0.2) is 11.5 Å². The fraction of sp³-hybridized carbons (Fsp3) is 0.517. The molecule has 38 heavy (non-hydrogen) atoms. The SMILES string of the molecule is COc1ccc2cc1-c1cc3c(c(c1)OCCCCN(C(=O)OC(C)(C)C)CCCNC2=O)OCCNC3. The second-order valence-corrected chi connectivity index (χ2v) is 10.5. The van der Waals surface area contributed by atoms with Crippen molar-refractivity contribution >= 4 is 12.0 Å². The monoisotopic (exact) mass is 525 g/mol. The highest BCUT2D eigenvalue weighted by Crippen LogP contribution is 2.40. The summed E-state index contributed by atoms with van der Waals surface area (Å²) in [6.07, 6.45) is 1.78. The van der Waals surface area contributed by atoms with Gasteiger partial charge in [0.1, 0.15) is 18.0 Å². The molecule has 4 bridgehead atoms. The summed E-state index contributed by atoms with van der Waals surface area (Å²) in [5.41, 5.74) is 2.63. The lowest BCUT2D eigenvalue weighted by molar-refractivity contribution is 0.0243. The predicted octanol–water partition coefficient (Wildman–Crippen LogP) is 4.37. The van der Waals surface area contributed by atoms with Gasteiger partial charge in [0.05, 0.1) is 13.7 Å². The lowest BCUT2D eigenvalue weighted by Crippen LogP contribution is -2.39. The molecular formula is C29H39N3O6. The first-order valence-electron chi connectivity index (χ1n) is 13.3. The first-order valence-corrected chi connectivity index (χ1v) is 13.3. The molecule has 0 radical (unpaired) electrons. The first kappa shape index (κ1) is 27.6. The number of carbonyl (C=O) groups is 2. The zero-order valence-electron chi connectivity index (χ0n) is 22.9. The minimum absolute atomic E-state index is 0.182. The van der Waals surface area contributed by atoms with Crippen LogP contribution in [-0.4, -0.2) is 69.0 Å². The third-order valence-electron chi connectivity index (χ3n) is 6.37. The van der Waals surface area contributed by atoms with Crippen molar-refractivity contribution in [3.05, 3.63) is 41.5 Å². The maximum Gasteiger partial charge on any atom is 0.410 e. The third kappa shape index (κ3) is 7.10. The zero-order chi connectivity index (χ0) is 27.1. The Morgan fingerprint density at radius 2 is 1.79 bits per heavy atom. The number of ether oxygens (including phenoxy) is 4. The molecule has 9 heteroatoms. The Morgan fingerprint density at radius 3 is 2.58 bits per heavy atom. The molecule has 2 heterocycles. The molecule has 0 unspecified atom stereocenters. The summed E-state index contributed by atoms with van der Waals surface area (Å²) in [4.78, 5) is 27.5. The van der Waals surface area contributed by atoms with Crippen LogP contribution in [0.4, 0.5) is 4.79 Å². The van der Waals surface area contributed by atoms with Gasteiger partial charge in [-0.3, -0.25) is 4.79 Å². The van der Waals surface area contributed by atoms with Crippen LogP contribution in [0.5, 0.6) is 17.2 Å². The van der Waals surface area contributed by atoms with Crippen molar-refractivity contribution in [1.29, 1.82) is 0 Å². The Labute approximate surface area is 224 Å². The summed E-state index contributed by atoms with van der Waals surface area (Å²) in [6, 6.07) is 9.42. The number of amides is 2. The highest BCUT2D eigenvalue weighted by molar-refractivity contribution is 5.96. The molecule has 0 fully saturated rings. The van der Waals surface area contributed by atoms with Crippen molar-refractivity contribution in [2.75, 3.05) is 46.5 Å². The van der Waals surface area contributed by atoms with Crippen LogP contribution in [0.1, 0.15) is 56.0 Å². The fourth-order valence-corrected chi connectivity index (χ4v) is 4.52. The van der Waals surface area contributed by atoms with Gasteiger partial charge in [-0.1, -0.05) is 0 Å². The average molecular weight is 526 g/mol. The number of hydrogen-bond donors (Lipinski definition) is 2.